The van der Waals surface area contributed by atoms with Crippen molar-refractivity contribution in [2.75, 3.05) is 7.05 Å². The predicted octanol–water partition coefficient (Wildman–Crippen LogP) is 3.30. The average Bonchev–Trinajstić information content (AvgIpc) is 2.95. The Morgan fingerprint density at radius 2 is 1.88 bits per heavy atom. The molecule has 0 radical (unpaired) electrons. The molecule has 0 N–H and O–H groups in total. The summed E-state index contributed by atoms with van der Waals surface area (Å²) in [6.45, 7) is 0.615. The number of carbonyl (C=O) groups is 1. The van der Waals surface area contributed by atoms with Gasteiger partial charge in [0.25, 0.3) is 0 Å². The molecule has 6 heteroatoms. The number of amides is 1. The molecule has 1 heterocycles. The van der Waals surface area contributed by atoms with E-state index in [-0.39, 0.29) is 5.91 Å². The molecule has 1 aliphatic carbocycles. The molecule has 25 heavy (non-hydrogen) atoms. The lowest BCUT2D eigenvalue weighted by Gasteiger charge is -2.27. The van der Waals surface area contributed by atoms with Gasteiger partial charge in [-0.2, -0.15) is 4.80 Å². The van der Waals surface area contributed by atoms with E-state index in [1.807, 2.05) is 42.3 Å². The van der Waals surface area contributed by atoms with E-state index in [2.05, 4.69) is 15.4 Å². The summed E-state index contributed by atoms with van der Waals surface area (Å²) in [7, 11) is 1.96. The fourth-order valence-corrected chi connectivity index (χ4v) is 3.44. The fourth-order valence-electron chi connectivity index (χ4n) is 3.44. The highest BCUT2D eigenvalue weighted by Crippen LogP contribution is 2.21. The first-order valence-corrected chi connectivity index (χ1v) is 9.33. The molecule has 0 atom stereocenters. The van der Waals surface area contributed by atoms with Crippen LogP contribution in [0.1, 0.15) is 51.4 Å². The van der Waals surface area contributed by atoms with Crippen molar-refractivity contribution in [1.29, 1.82) is 0 Å². The van der Waals surface area contributed by atoms with Crippen LogP contribution in [0.25, 0.3) is 11.4 Å². The Kier molecular flexibility index (Phi) is 6.14. The van der Waals surface area contributed by atoms with Gasteiger partial charge in [0.1, 0.15) is 0 Å². The van der Waals surface area contributed by atoms with E-state index in [1.165, 1.54) is 25.7 Å². The Morgan fingerprint density at radius 1 is 1.16 bits per heavy atom. The largest absolute Gasteiger partial charge is 0.343 e. The number of carbonyl (C=O) groups excluding carboxylic acids is 1. The first kappa shape index (κ1) is 17.6. The highest BCUT2D eigenvalue weighted by Gasteiger charge is 2.20. The Balaban J connectivity index is 1.46. The Hall–Kier alpha value is -2.24. The summed E-state index contributed by atoms with van der Waals surface area (Å²) in [5.41, 5.74) is 0.956. The van der Waals surface area contributed by atoms with Gasteiger partial charge >= 0.3 is 0 Å². The molecule has 1 amide bonds. The molecule has 1 aromatic heterocycles. The Morgan fingerprint density at radius 3 is 2.60 bits per heavy atom. The number of hydrogen-bond acceptors (Lipinski definition) is 4. The molecule has 3 rings (SSSR count). The van der Waals surface area contributed by atoms with Crippen LogP contribution in [0.5, 0.6) is 0 Å². The quantitative estimate of drug-likeness (QED) is 0.756. The van der Waals surface area contributed by atoms with Gasteiger partial charge in [0.2, 0.25) is 11.7 Å². The molecule has 1 aliphatic rings. The molecular formula is C19H27N5O. The lowest BCUT2D eigenvalue weighted by Crippen LogP contribution is -2.36. The Labute approximate surface area is 149 Å². The second kappa shape index (κ2) is 8.74. The summed E-state index contributed by atoms with van der Waals surface area (Å²) in [5, 5.41) is 12.6. The SMILES string of the molecule is CN(C(=O)CCCn1nnc(-c2ccccc2)n1)C1CCCCCC1. The number of aryl methyl sites for hydroxylation is 1. The number of benzene rings is 1. The zero-order chi connectivity index (χ0) is 17.5. The van der Waals surface area contributed by atoms with Gasteiger partial charge in [-0.15, -0.1) is 10.2 Å². The van der Waals surface area contributed by atoms with E-state index in [0.717, 1.165) is 24.8 Å². The van der Waals surface area contributed by atoms with Gasteiger partial charge in [-0.25, -0.2) is 0 Å². The van der Waals surface area contributed by atoms with Gasteiger partial charge in [-0.05, 0) is 24.5 Å². The standard InChI is InChI=1S/C19H27N5O/c1-23(17-12-7-2-3-8-13-17)18(25)14-9-15-24-21-19(20-22-24)16-10-5-4-6-11-16/h4-6,10-11,17H,2-3,7-9,12-15H2,1H3. The average molecular weight is 341 g/mol. The van der Waals surface area contributed by atoms with Gasteiger partial charge in [-0.1, -0.05) is 56.0 Å². The van der Waals surface area contributed by atoms with Crippen LogP contribution in [-0.2, 0) is 11.3 Å². The maximum atomic E-state index is 12.4. The summed E-state index contributed by atoms with van der Waals surface area (Å²) in [6, 6.07) is 10.2. The van der Waals surface area contributed by atoms with E-state index in [4.69, 9.17) is 0 Å². The van der Waals surface area contributed by atoms with Gasteiger partial charge in [-0.3, -0.25) is 4.79 Å². The van der Waals surface area contributed by atoms with E-state index >= 15 is 0 Å². The zero-order valence-corrected chi connectivity index (χ0v) is 15.0. The number of aromatic nitrogens is 4. The van der Waals surface area contributed by atoms with Crippen molar-refractivity contribution < 1.29 is 4.79 Å². The predicted molar refractivity (Wildman–Crippen MR) is 96.7 cm³/mol. The van der Waals surface area contributed by atoms with Gasteiger partial charge in [0, 0.05) is 25.1 Å². The molecule has 0 saturated heterocycles. The van der Waals surface area contributed by atoms with Crippen LogP contribution in [0, 0.1) is 0 Å². The summed E-state index contributed by atoms with van der Waals surface area (Å²) >= 11 is 0. The maximum Gasteiger partial charge on any atom is 0.222 e. The fraction of sp³-hybridized carbons (Fsp3) is 0.579. The normalized spacial score (nSPS) is 15.7. The van der Waals surface area contributed by atoms with Gasteiger partial charge in [0.05, 0.1) is 6.54 Å². The maximum absolute atomic E-state index is 12.4. The summed E-state index contributed by atoms with van der Waals surface area (Å²) < 4.78 is 0. The first-order valence-electron chi connectivity index (χ1n) is 9.33. The van der Waals surface area contributed by atoms with Crippen molar-refractivity contribution >= 4 is 5.91 Å². The number of nitrogens with zero attached hydrogens (tertiary/aromatic N) is 5. The molecule has 0 spiro atoms. The third-order valence-corrected chi connectivity index (χ3v) is 5.00. The topological polar surface area (TPSA) is 63.9 Å². The number of hydrogen-bond donors (Lipinski definition) is 0. The number of tetrazole rings is 1. The van der Waals surface area contributed by atoms with Crippen molar-refractivity contribution in [3.05, 3.63) is 30.3 Å². The van der Waals surface area contributed by atoms with Crippen LogP contribution in [0.3, 0.4) is 0 Å². The monoisotopic (exact) mass is 341 g/mol. The second-order valence-electron chi connectivity index (χ2n) is 6.83. The van der Waals surface area contributed by atoms with Crippen molar-refractivity contribution in [2.24, 2.45) is 0 Å². The Bertz CT molecular complexity index is 661. The van der Waals surface area contributed by atoms with E-state index in [9.17, 15) is 4.79 Å². The van der Waals surface area contributed by atoms with E-state index in [0.29, 0.717) is 24.8 Å². The summed E-state index contributed by atoms with van der Waals surface area (Å²) in [5.74, 6) is 0.859. The van der Waals surface area contributed by atoms with Gasteiger partial charge < -0.3 is 4.90 Å². The molecule has 134 valence electrons. The lowest BCUT2D eigenvalue weighted by atomic mass is 10.1. The van der Waals surface area contributed by atoms with Crippen LogP contribution in [-0.4, -0.2) is 44.1 Å². The van der Waals surface area contributed by atoms with Crippen LogP contribution < -0.4 is 0 Å². The minimum atomic E-state index is 0.232. The van der Waals surface area contributed by atoms with E-state index in [1.54, 1.807) is 4.80 Å². The van der Waals surface area contributed by atoms with Crippen molar-refractivity contribution in [3.8, 4) is 11.4 Å². The molecule has 0 aliphatic heterocycles. The molecule has 1 aromatic carbocycles. The van der Waals surface area contributed by atoms with Crippen molar-refractivity contribution in [2.45, 2.75) is 64.0 Å². The smallest absolute Gasteiger partial charge is 0.222 e. The molecule has 6 nitrogen and oxygen atoms in total. The second-order valence-corrected chi connectivity index (χ2v) is 6.83. The number of rotatable bonds is 6. The minimum absolute atomic E-state index is 0.232. The third-order valence-electron chi connectivity index (χ3n) is 5.00. The van der Waals surface area contributed by atoms with Crippen LogP contribution in [0.15, 0.2) is 30.3 Å². The molecule has 1 saturated carbocycles. The third kappa shape index (κ3) is 4.87. The molecular weight excluding hydrogens is 314 g/mol. The summed E-state index contributed by atoms with van der Waals surface area (Å²) in [4.78, 5) is 16.0. The van der Waals surface area contributed by atoms with E-state index < -0.39 is 0 Å². The molecule has 0 bridgehead atoms. The molecule has 2 aromatic rings. The van der Waals surface area contributed by atoms with Crippen molar-refractivity contribution in [1.82, 2.24) is 25.1 Å². The first-order chi connectivity index (χ1) is 12.2. The lowest BCUT2D eigenvalue weighted by molar-refractivity contribution is -0.132. The highest BCUT2D eigenvalue weighted by molar-refractivity contribution is 5.76. The molecule has 0 unspecified atom stereocenters. The van der Waals surface area contributed by atoms with Crippen LogP contribution in [0.4, 0.5) is 0 Å². The van der Waals surface area contributed by atoms with Crippen LogP contribution >= 0.6 is 0 Å². The molecule has 1 fully saturated rings. The minimum Gasteiger partial charge on any atom is -0.343 e. The van der Waals surface area contributed by atoms with Crippen LogP contribution in [0.2, 0.25) is 0 Å². The zero-order valence-electron chi connectivity index (χ0n) is 15.0. The highest BCUT2D eigenvalue weighted by atomic mass is 16.2. The van der Waals surface area contributed by atoms with Gasteiger partial charge in [0.15, 0.2) is 0 Å². The summed E-state index contributed by atoms with van der Waals surface area (Å²) in [6.07, 6.45) is 8.66. The van der Waals surface area contributed by atoms with Crippen molar-refractivity contribution in [3.63, 3.8) is 0 Å².